The maximum absolute atomic E-state index is 8.83. The number of imidazole rings is 1. The Morgan fingerprint density at radius 1 is 1.11 bits per heavy atom. The van der Waals surface area contributed by atoms with Gasteiger partial charge in [-0.05, 0) is 31.8 Å². The Labute approximate surface area is 161 Å². The van der Waals surface area contributed by atoms with Crippen molar-refractivity contribution in [1.29, 1.82) is 5.26 Å². The average Bonchev–Trinajstić information content (AvgIpc) is 3.28. The molecular weight excluding hydrogens is 356 g/mol. The zero-order chi connectivity index (χ0) is 19.2. The second-order valence-corrected chi connectivity index (χ2v) is 6.53. The predicted molar refractivity (Wildman–Crippen MR) is 104 cm³/mol. The molecule has 0 bridgehead atoms. The predicted octanol–water partition coefficient (Wildman–Crippen LogP) is 1.68. The second kappa shape index (κ2) is 8.41. The van der Waals surface area contributed by atoms with E-state index >= 15 is 0 Å². The summed E-state index contributed by atoms with van der Waals surface area (Å²) in [4.78, 5) is 15.5. The second-order valence-electron chi connectivity index (χ2n) is 6.53. The molecule has 0 saturated carbocycles. The van der Waals surface area contributed by atoms with Crippen LogP contribution in [0.1, 0.15) is 18.5 Å². The molecule has 142 valence electrons. The normalized spacial score (nSPS) is 14.4. The van der Waals surface area contributed by atoms with Gasteiger partial charge in [0.05, 0.1) is 18.1 Å². The molecule has 0 aliphatic carbocycles. The van der Waals surface area contributed by atoms with Gasteiger partial charge < -0.3 is 20.9 Å². The summed E-state index contributed by atoms with van der Waals surface area (Å²) >= 11 is 0. The van der Waals surface area contributed by atoms with Gasteiger partial charge in [-0.25, -0.2) is 15.0 Å². The van der Waals surface area contributed by atoms with Gasteiger partial charge in [0.2, 0.25) is 0 Å². The third-order valence-corrected chi connectivity index (χ3v) is 4.58. The highest BCUT2D eigenvalue weighted by Gasteiger charge is 2.16. The molecular formula is C18H20N10. The Morgan fingerprint density at radius 2 is 2.00 bits per heavy atom. The number of anilines is 3. The molecule has 0 unspecified atom stereocenters. The third kappa shape index (κ3) is 4.21. The fourth-order valence-electron chi connectivity index (χ4n) is 3.08. The van der Waals surface area contributed by atoms with Gasteiger partial charge in [-0.2, -0.15) is 5.26 Å². The SMILES string of the molecule is N#Cc1cnc(Nc2cc(NCC3CCNCC3)c(-c3ncc[nH]3)nn2)cn1. The van der Waals surface area contributed by atoms with Crippen LogP contribution in [-0.4, -0.2) is 49.8 Å². The van der Waals surface area contributed by atoms with E-state index < -0.39 is 0 Å². The molecule has 4 N–H and O–H groups in total. The number of aromatic amines is 1. The van der Waals surface area contributed by atoms with Gasteiger partial charge >= 0.3 is 0 Å². The molecule has 3 aromatic heterocycles. The first-order valence-electron chi connectivity index (χ1n) is 9.13. The van der Waals surface area contributed by atoms with Crippen LogP contribution in [0.2, 0.25) is 0 Å². The monoisotopic (exact) mass is 376 g/mol. The summed E-state index contributed by atoms with van der Waals surface area (Å²) in [5.41, 5.74) is 1.76. The van der Waals surface area contributed by atoms with E-state index in [0.29, 0.717) is 29.1 Å². The first kappa shape index (κ1) is 17.8. The smallest absolute Gasteiger partial charge is 0.160 e. The lowest BCUT2D eigenvalue weighted by Gasteiger charge is -2.23. The van der Waals surface area contributed by atoms with Gasteiger partial charge in [-0.3, -0.25) is 0 Å². The van der Waals surface area contributed by atoms with Crippen LogP contribution in [0.25, 0.3) is 11.5 Å². The van der Waals surface area contributed by atoms with Crippen LogP contribution < -0.4 is 16.0 Å². The van der Waals surface area contributed by atoms with Gasteiger partial charge in [-0.15, -0.1) is 10.2 Å². The van der Waals surface area contributed by atoms with Crippen molar-refractivity contribution in [3.05, 3.63) is 36.5 Å². The standard InChI is InChI=1S/C18H20N10/c19-8-13-10-25-16(11-23-13)26-15-7-14(24-9-12-1-3-20-4-2-12)17(28-27-15)18-21-5-6-22-18/h5-7,10-12,20H,1-4,9H2,(H,21,22)(H2,24,25,26,27). The lowest BCUT2D eigenvalue weighted by Crippen LogP contribution is -2.31. The van der Waals surface area contributed by atoms with E-state index in [4.69, 9.17) is 5.26 Å². The molecule has 1 aliphatic heterocycles. The molecule has 1 saturated heterocycles. The van der Waals surface area contributed by atoms with Crippen molar-refractivity contribution in [2.45, 2.75) is 12.8 Å². The molecule has 10 nitrogen and oxygen atoms in total. The summed E-state index contributed by atoms with van der Waals surface area (Å²) < 4.78 is 0. The van der Waals surface area contributed by atoms with Gasteiger partial charge in [-0.1, -0.05) is 0 Å². The Bertz CT molecular complexity index is 939. The third-order valence-electron chi connectivity index (χ3n) is 4.58. The molecule has 0 amide bonds. The summed E-state index contributed by atoms with van der Waals surface area (Å²) in [6.45, 7) is 2.96. The number of hydrogen-bond acceptors (Lipinski definition) is 9. The summed E-state index contributed by atoms with van der Waals surface area (Å²) in [7, 11) is 0. The van der Waals surface area contributed by atoms with Crippen molar-refractivity contribution in [2.75, 3.05) is 30.3 Å². The average molecular weight is 376 g/mol. The molecule has 0 atom stereocenters. The van der Waals surface area contributed by atoms with E-state index in [0.717, 1.165) is 38.2 Å². The van der Waals surface area contributed by atoms with Crippen LogP contribution in [0, 0.1) is 17.2 Å². The topological polar surface area (TPSA) is 140 Å². The van der Waals surface area contributed by atoms with E-state index in [1.807, 2.05) is 12.1 Å². The maximum atomic E-state index is 8.83. The van der Waals surface area contributed by atoms with Gasteiger partial charge in [0.15, 0.2) is 23.0 Å². The lowest BCUT2D eigenvalue weighted by atomic mass is 9.98. The van der Waals surface area contributed by atoms with E-state index in [1.165, 1.54) is 12.4 Å². The van der Waals surface area contributed by atoms with Crippen LogP contribution in [0.4, 0.5) is 17.3 Å². The summed E-state index contributed by atoms with van der Waals surface area (Å²) in [5.74, 6) is 2.29. The van der Waals surface area contributed by atoms with Crippen LogP contribution in [-0.2, 0) is 0 Å². The Morgan fingerprint density at radius 3 is 2.71 bits per heavy atom. The highest BCUT2D eigenvalue weighted by Crippen LogP contribution is 2.26. The van der Waals surface area contributed by atoms with Gasteiger partial charge in [0.25, 0.3) is 0 Å². The minimum Gasteiger partial charge on any atom is -0.383 e. The largest absolute Gasteiger partial charge is 0.383 e. The quantitative estimate of drug-likeness (QED) is 0.506. The molecule has 10 heteroatoms. The molecule has 28 heavy (non-hydrogen) atoms. The number of aromatic nitrogens is 6. The van der Waals surface area contributed by atoms with Crippen LogP contribution >= 0.6 is 0 Å². The summed E-state index contributed by atoms with van der Waals surface area (Å²) in [6.07, 6.45) is 8.63. The van der Waals surface area contributed by atoms with Crippen molar-refractivity contribution < 1.29 is 0 Å². The number of nitriles is 1. The number of hydrogen-bond donors (Lipinski definition) is 4. The van der Waals surface area contributed by atoms with Crippen molar-refractivity contribution in [1.82, 2.24) is 35.5 Å². The number of H-pyrrole nitrogens is 1. The number of nitrogens with zero attached hydrogens (tertiary/aromatic N) is 6. The molecule has 3 aromatic rings. The number of piperidine rings is 1. The van der Waals surface area contributed by atoms with E-state index in [9.17, 15) is 0 Å². The highest BCUT2D eigenvalue weighted by molar-refractivity contribution is 5.72. The fourth-order valence-corrected chi connectivity index (χ4v) is 3.08. The van der Waals surface area contributed by atoms with Crippen LogP contribution in [0.5, 0.6) is 0 Å². The van der Waals surface area contributed by atoms with Crippen molar-refractivity contribution in [3.63, 3.8) is 0 Å². The summed E-state index contributed by atoms with van der Waals surface area (Å²) in [6, 6.07) is 3.82. The van der Waals surface area contributed by atoms with Crippen molar-refractivity contribution in [2.24, 2.45) is 5.92 Å². The highest BCUT2D eigenvalue weighted by atomic mass is 15.2. The van der Waals surface area contributed by atoms with E-state index in [-0.39, 0.29) is 5.69 Å². The van der Waals surface area contributed by atoms with Crippen molar-refractivity contribution in [3.8, 4) is 17.6 Å². The minimum atomic E-state index is 0.258. The Balaban J connectivity index is 1.55. The lowest BCUT2D eigenvalue weighted by molar-refractivity contribution is 0.390. The van der Waals surface area contributed by atoms with Gasteiger partial charge in [0, 0.05) is 25.0 Å². The van der Waals surface area contributed by atoms with E-state index in [2.05, 4.69) is 46.1 Å². The molecule has 0 radical (unpaired) electrons. The van der Waals surface area contributed by atoms with Crippen molar-refractivity contribution >= 4 is 17.3 Å². The zero-order valence-electron chi connectivity index (χ0n) is 15.2. The van der Waals surface area contributed by atoms with E-state index in [1.54, 1.807) is 12.4 Å². The number of nitrogens with one attached hydrogen (secondary N) is 4. The molecule has 4 heterocycles. The maximum Gasteiger partial charge on any atom is 0.160 e. The number of rotatable bonds is 6. The first-order chi connectivity index (χ1) is 13.8. The molecule has 1 fully saturated rings. The molecule has 0 spiro atoms. The summed E-state index contributed by atoms with van der Waals surface area (Å²) in [5, 5.41) is 27.3. The molecule has 4 rings (SSSR count). The zero-order valence-corrected chi connectivity index (χ0v) is 15.2. The molecule has 1 aliphatic rings. The van der Waals surface area contributed by atoms with Crippen LogP contribution in [0.3, 0.4) is 0 Å². The molecule has 0 aromatic carbocycles. The fraction of sp³-hybridized carbons (Fsp3) is 0.333. The minimum absolute atomic E-state index is 0.258. The first-order valence-corrected chi connectivity index (χ1v) is 9.13. The van der Waals surface area contributed by atoms with Gasteiger partial charge in [0.1, 0.15) is 11.9 Å². The van der Waals surface area contributed by atoms with Crippen LogP contribution in [0.15, 0.2) is 30.9 Å². The Hall–Kier alpha value is -3.58. The Kier molecular flexibility index (Phi) is 5.35.